The molecule has 12 heteroatoms. The van der Waals surface area contributed by atoms with E-state index < -0.39 is 35.2 Å². The Morgan fingerprint density at radius 3 is 2.31 bits per heavy atom. The molecule has 1 atom stereocenters. The van der Waals surface area contributed by atoms with Crippen molar-refractivity contribution in [3.63, 3.8) is 0 Å². The topological polar surface area (TPSA) is 55.1 Å². The lowest BCUT2D eigenvalue weighted by Gasteiger charge is -2.21. The number of rotatable bonds is 3. The van der Waals surface area contributed by atoms with E-state index in [1.165, 1.54) is 0 Å². The first-order valence-corrected chi connectivity index (χ1v) is 8.05. The summed E-state index contributed by atoms with van der Waals surface area (Å²) < 4.78 is 81.5. The minimum absolute atomic E-state index is 0.0376. The minimum atomic E-state index is -4.64. The van der Waals surface area contributed by atoms with Crippen LogP contribution in [0.5, 0.6) is 0 Å². The van der Waals surface area contributed by atoms with Crippen LogP contribution in [0.25, 0.3) is 16.9 Å². The lowest BCUT2D eigenvalue weighted by Crippen LogP contribution is -2.34. The third-order valence-electron chi connectivity index (χ3n) is 3.48. The van der Waals surface area contributed by atoms with Gasteiger partial charge < -0.3 is 5.32 Å². The largest absolute Gasteiger partial charge is 0.408 e. The maximum atomic E-state index is 14.2. The summed E-state index contributed by atoms with van der Waals surface area (Å²) >= 11 is 1.60. The number of fused-ring (bicyclic) bond motifs is 1. The van der Waals surface area contributed by atoms with E-state index in [1.54, 1.807) is 22.6 Å². The molecule has 0 aliphatic carbocycles. The third-order valence-corrected chi connectivity index (χ3v) is 4.26. The van der Waals surface area contributed by atoms with Crippen molar-refractivity contribution >= 4 is 34.2 Å². The van der Waals surface area contributed by atoms with Gasteiger partial charge in [-0.3, -0.25) is 0 Å². The van der Waals surface area contributed by atoms with Gasteiger partial charge in [-0.2, -0.15) is 27.8 Å². The van der Waals surface area contributed by atoms with Crippen LogP contribution in [0.4, 0.5) is 32.2 Å². The van der Waals surface area contributed by atoms with Gasteiger partial charge in [-0.05, 0) is 29.5 Å². The van der Waals surface area contributed by atoms with Crippen molar-refractivity contribution < 1.29 is 26.3 Å². The second kappa shape index (κ2) is 6.55. The fourth-order valence-electron chi connectivity index (χ4n) is 2.24. The van der Waals surface area contributed by atoms with Gasteiger partial charge in [-0.15, -0.1) is 0 Å². The lowest BCUT2D eigenvalue weighted by atomic mass is 10.1. The molecule has 0 saturated carbocycles. The molecule has 0 unspecified atom stereocenters. The highest BCUT2D eigenvalue weighted by Gasteiger charge is 2.37. The predicted molar refractivity (Wildman–Crippen MR) is 87.9 cm³/mol. The van der Waals surface area contributed by atoms with Crippen molar-refractivity contribution in [2.24, 2.45) is 0 Å². The molecule has 0 bridgehead atoms. The van der Waals surface area contributed by atoms with Crippen molar-refractivity contribution in [2.45, 2.75) is 19.1 Å². The van der Waals surface area contributed by atoms with Crippen molar-refractivity contribution in [2.75, 3.05) is 5.32 Å². The SMILES string of the molecule is C[C@H](Nc1c(-c2c(F)cc(F)cc2F)c(I)nc2ncnn12)C(F)(F)F. The first kappa shape index (κ1) is 18.7. The van der Waals surface area contributed by atoms with Gasteiger partial charge in [0.2, 0.25) is 0 Å². The van der Waals surface area contributed by atoms with Crippen molar-refractivity contribution in [1.29, 1.82) is 0 Å². The molecule has 2 aromatic heterocycles. The summed E-state index contributed by atoms with van der Waals surface area (Å²) in [5.41, 5.74) is -1.05. The van der Waals surface area contributed by atoms with E-state index >= 15 is 0 Å². The number of aromatic nitrogens is 4. The normalized spacial score (nSPS) is 13.2. The van der Waals surface area contributed by atoms with Crippen molar-refractivity contribution in [1.82, 2.24) is 19.6 Å². The zero-order chi connectivity index (χ0) is 19.2. The first-order valence-electron chi connectivity index (χ1n) is 6.97. The Hall–Kier alpha value is -2.12. The number of hydrogen-bond acceptors (Lipinski definition) is 4. The Balaban J connectivity index is 2.32. The number of benzene rings is 1. The van der Waals surface area contributed by atoms with Gasteiger partial charge >= 0.3 is 6.18 Å². The van der Waals surface area contributed by atoms with E-state index in [2.05, 4.69) is 20.4 Å². The van der Waals surface area contributed by atoms with Gasteiger partial charge in [0.05, 0.1) is 11.1 Å². The minimum Gasteiger partial charge on any atom is -0.358 e. The number of hydrogen-bond donors (Lipinski definition) is 1. The zero-order valence-corrected chi connectivity index (χ0v) is 14.9. The molecule has 0 spiro atoms. The van der Waals surface area contributed by atoms with Crippen LogP contribution in [-0.4, -0.2) is 31.8 Å². The zero-order valence-electron chi connectivity index (χ0n) is 12.7. The average Bonchev–Trinajstić information content (AvgIpc) is 2.95. The van der Waals surface area contributed by atoms with Gasteiger partial charge in [0.15, 0.2) is 0 Å². The monoisotopic (exact) mass is 487 g/mol. The number of anilines is 1. The highest BCUT2D eigenvalue weighted by atomic mass is 127. The molecule has 0 amide bonds. The molecule has 26 heavy (non-hydrogen) atoms. The van der Waals surface area contributed by atoms with E-state index in [-0.39, 0.29) is 20.9 Å². The molecule has 0 radical (unpaired) electrons. The fraction of sp³-hybridized carbons (Fsp3) is 0.214. The molecular weight excluding hydrogens is 479 g/mol. The Kier molecular flexibility index (Phi) is 4.71. The molecule has 1 aromatic carbocycles. The molecule has 0 aliphatic rings. The number of nitrogens with one attached hydrogen (secondary N) is 1. The summed E-state index contributed by atoms with van der Waals surface area (Å²) in [6, 6.07) is -1.22. The second-order valence-corrected chi connectivity index (χ2v) is 6.27. The van der Waals surface area contributed by atoms with E-state index in [9.17, 15) is 26.3 Å². The Morgan fingerprint density at radius 2 is 1.73 bits per heavy atom. The molecule has 0 fully saturated rings. The Labute approximate surface area is 155 Å². The maximum absolute atomic E-state index is 14.2. The quantitative estimate of drug-likeness (QED) is 0.343. The van der Waals surface area contributed by atoms with Crippen LogP contribution in [0.2, 0.25) is 0 Å². The molecule has 0 aliphatic heterocycles. The van der Waals surface area contributed by atoms with Crippen molar-refractivity contribution in [3.05, 3.63) is 39.6 Å². The number of halogens is 7. The third kappa shape index (κ3) is 3.29. The molecular formula is C14H8F6IN5. The molecule has 1 N–H and O–H groups in total. The van der Waals surface area contributed by atoms with Gasteiger partial charge in [-0.25, -0.2) is 18.2 Å². The van der Waals surface area contributed by atoms with Crippen LogP contribution in [0.1, 0.15) is 6.92 Å². The maximum Gasteiger partial charge on any atom is 0.408 e. The molecule has 0 saturated heterocycles. The molecule has 3 aromatic rings. The summed E-state index contributed by atoms with van der Waals surface area (Å²) in [5.74, 6) is -4.18. The first-order chi connectivity index (χ1) is 12.1. The second-order valence-electron chi connectivity index (χ2n) is 5.25. The highest BCUT2D eigenvalue weighted by molar-refractivity contribution is 14.1. The van der Waals surface area contributed by atoms with Crippen LogP contribution in [-0.2, 0) is 0 Å². The van der Waals surface area contributed by atoms with Gasteiger partial charge in [-0.1, -0.05) is 0 Å². The summed E-state index contributed by atoms with van der Waals surface area (Å²) in [5, 5.41) is 5.90. The van der Waals surface area contributed by atoms with Crippen molar-refractivity contribution in [3.8, 4) is 11.1 Å². The van der Waals surface area contributed by atoms with Gasteiger partial charge in [0.1, 0.15) is 39.3 Å². The molecule has 3 rings (SSSR count). The number of nitrogens with zero attached hydrogens (tertiary/aromatic N) is 4. The summed E-state index contributed by atoms with van der Waals surface area (Å²) in [6.45, 7) is 0.831. The molecule has 5 nitrogen and oxygen atoms in total. The smallest absolute Gasteiger partial charge is 0.358 e. The summed E-state index contributed by atoms with van der Waals surface area (Å²) in [6.07, 6.45) is -3.61. The number of alkyl halides is 3. The predicted octanol–water partition coefficient (Wildman–Crippen LogP) is 4.18. The van der Waals surface area contributed by atoms with Crippen LogP contribution in [0.3, 0.4) is 0 Å². The van der Waals surface area contributed by atoms with E-state index in [0.717, 1.165) is 17.8 Å². The Bertz CT molecular complexity index is 963. The van der Waals surface area contributed by atoms with Crippen LogP contribution < -0.4 is 5.32 Å². The summed E-state index contributed by atoms with van der Waals surface area (Å²) in [4.78, 5) is 7.75. The van der Waals surface area contributed by atoms with Crippen LogP contribution >= 0.6 is 22.6 Å². The summed E-state index contributed by atoms with van der Waals surface area (Å²) in [7, 11) is 0. The van der Waals surface area contributed by atoms with E-state index in [0.29, 0.717) is 12.1 Å². The highest BCUT2D eigenvalue weighted by Crippen LogP contribution is 2.37. The van der Waals surface area contributed by atoms with Crippen LogP contribution in [0, 0.1) is 21.2 Å². The standard InChI is InChI=1S/C14H8F6IN5/c1-5(14(18,19)20)24-12-10(9-7(16)2-6(15)3-8(9)17)11(21)25-13-22-4-23-26(12)13/h2-5,24H,1H3/t5-/m0/s1. The molecule has 138 valence electrons. The van der Waals surface area contributed by atoms with E-state index in [1.807, 2.05) is 0 Å². The van der Waals surface area contributed by atoms with Gasteiger partial charge in [0.25, 0.3) is 5.78 Å². The fourth-order valence-corrected chi connectivity index (χ4v) is 2.98. The average molecular weight is 487 g/mol. The van der Waals surface area contributed by atoms with E-state index in [4.69, 9.17) is 0 Å². The Morgan fingerprint density at radius 1 is 1.12 bits per heavy atom. The van der Waals surface area contributed by atoms with Crippen LogP contribution in [0.15, 0.2) is 18.5 Å². The lowest BCUT2D eigenvalue weighted by molar-refractivity contribution is -0.138. The molecule has 2 heterocycles. The van der Waals surface area contributed by atoms with Gasteiger partial charge in [0, 0.05) is 12.1 Å².